The predicted octanol–water partition coefficient (Wildman–Crippen LogP) is 1.39. The lowest BCUT2D eigenvalue weighted by molar-refractivity contribution is 1.15. The quantitative estimate of drug-likeness (QED) is 0.368. The van der Waals surface area contributed by atoms with E-state index in [1.807, 2.05) is 0 Å². The highest BCUT2D eigenvalue weighted by Crippen LogP contribution is 1.87. The summed E-state index contributed by atoms with van der Waals surface area (Å²) in [6.45, 7) is 2.16. The standard InChI is InChI=1S/C6H13B/c1-2-3-4-5-6-7/h3-4H,2,5-7H2,1H3/b4-3+. The average molecular weight is 96.0 g/mol. The highest BCUT2D eigenvalue weighted by atomic mass is 13.7. The minimum atomic E-state index is 1.18. The molecule has 0 aliphatic rings. The zero-order valence-electron chi connectivity index (χ0n) is 5.28. The van der Waals surface area contributed by atoms with Crippen LogP contribution >= 0.6 is 0 Å². The van der Waals surface area contributed by atoms with Crippen LogP contribution in [0.15, 0.2) is 12.2 Å². The Labute approximate surface area is 47.0 Å². The van der Waals surface area contributed by atoms with Crippen LogP contribution in [0.5, 0.6) is 0 Å². The lowest BCUT2D eigenvalue weighted by Gasteiger charge is -1.79. The molecule has 0 unspecified atom stereocenters. The zero-order chi connectivity index (χ0) is 5.54. The van der Waals surface area contributed by atoms with Crippen molar-refractivity contribution < 1.29 is 0 Å². The smallest absolute Gasteiger partial charge is 0.0893 e. The topological polar surface area (TPSA) is 0 Å². The Morgan fingerprint density at radius 2 is 2.14 bits per heavy atom. The minimum absolute atomic E-state index is 1.18. The van der Waals surface area contributed by atoms with E-state index in [1.165, 1.54) is 19.2 Å². The van der Waals surface area contributed by atoms with E-state index in [2.05, 4.69) is 26.9 Å². The maximum absolute atomic E-state index is 2.24. The fraction of sp³-hybridized carbons (Fsp3) is 0.667. The van der Waals surface area contributed by atoms with Gasteiger partial charge in [-0.05, 0) is 12.8 Å². The van der Waals surface area contributed by atoms with Gasteiger partial charge in [-0.25, -0.2) is 0 Å². The van der Waals surface area contributed by atoms with Gasteiger partial charge in [-0.2, -0.15) is 0 Å². The molecule has 0 nitrogen and oxygen atoms in total. The lowest BCUT2D eigenvalue weighted by Crippen LogP contribution is -1.62. The highest BCUT2D eigenvalue weighted by Gasteiger charge is 1.68. The molecule has 0 spiro atoms. The second-order valence-electron chi connectivity index (χ2n) is 1.67. The first kappa shape index (κ1) is 6.80. The van der Waals surface area contributed by atoms with Gasteiger partial charge in [0.15, 0.2) is 0 Å². The monoisotopic (exact) mass is 96.1 g/mol. The van der Waals surface area contributed by atoms with E-state index in [0.29, 0.717) is 0 Å². The van der Waals surface area contributed by atoms with Gasteiger partial charge >= 0.3 is 0 Å². The van der Waals surface area contributed by atoms with Gasteiger partial charge in [0.1, 0.15) is 7.85 Å². The van der Waals surface area contributed by atoms with Crippen LogP contribution in [-0.4, -0.2) is 7.85 Å². The predicted molar refractivity (Wildman–Crippen MR) is 37.4 cm³/mol. The molecule has 0 aliphatic heterocycles. The summed E-state index contributed by atoms with van der Waals surface area (Å²) >= 11 is 0. The molecule has 0 aliphatic carbocycles. The molecule has 0 fully saturated rings. The van der Waals surface area contributed by atoms with Gasteiger partial charge in [-0.3, -0.25) is 0 Å². The number of hydrogen-bond donors (Lipinski definition) is 0. The first-order chi connectivity index (χ1) is 3.41. The molecular weight excluding hydrogens is 82.9 g/mol. The third-order valence-corrected chi connectivity index (χ3v) is 0.858. The van der Waals surface area contributed by atoms with Crippen molar-refractivity contribution in [3.8, 4) is 0 Å². The van der Waals surface area contributed by atoms with E-state index < -0.39 is 0 Å². The van der Waals surface area contributed by atoms with Gasteiger partial charge in [0, 0.05) is 0 Å². The van der Waals surface area contributed by atoms with Crippen molar-refractivity contribution >= 4 is 7.85 Å². The molecular formula is C6H13B. The SMILES string of the molecule is BCC/C=C/CC. The van der Waals surface area contributed by atoms with Crippen LogP contribution in [0.3, 0.4) is 0 Å². The Morgan fingerprint density at radius 3 is 2.57 bits per heavy atom. The van der Waals surface area contributed by atoms with Crippen LogP contribution in [0.2, 0.25) is 6.32 Å². The molecule has 0 amide bonds. The molecule has 0 heterocycles. The number of hydrogen-bond acceptors (Lipinski definition) is 0. The van der Waals surface area contributed by atoms with Gasteiger partial charge < -0.3 is 0 Å². The molecule has 0 bridgehead atoms. The summed E-state index contributed by atoms with van der Waals surface area (Å²) in [6.07, 6.45) is 8.15. The van der Waals surface area contributed by atoms with Crippen LogP contribution in [0.1, 0.15) is 19.8 Å². The highest BCUT2D eigenvalue weighted by molar-refractivity contribution is 6.08. The van der Waals surface area contributed by atoms with Crippen LogP contribution < -0.4 is 0 Å². The molecule has 7 heavy (non-hydrogen) atoms. The van der Waals surface area contributed by atoms with Crippen molar-refractivity contribution in [2.45, 2.75) is 26.1 Å². The molecule has 0 rings (SSSR count). The van der Waals surface area contributed by atoms with Crippen LogP contribution in [0.25, 0.3) is 0 Å². The Bertz CT molecular complexity index is 48.1. The Hall–Kier alpha value is -0.195. The fourth-order valence-electron chi connectivity index (χ4n) is 0.451. The summed E-state index contributed by atoms with van der Waals surface area (Å²) in [5.74, 6) is 0. The molecule has 1 heteroatoms. The zero-order valence-corrected chi connectivity index (χ0v) is 5.28. The molecule has 0 atom stereocenters. The first-order valence-electron chi connectivity index (χ1n) is 3.06. The molecule has 0 saturated heterocycles. The number of rotatable bonds is 3. The van der Waals surface area contributed by atoms with E-state index in [4.69, 9.17) is 0 Å². The Morgan fingerprint density at radius 1 is 1.43 bits per heavy atom. The summed E-state index contributed by atoms with van der Waals surface area (Å²) in [6, 6.07) is 0. The summed E-state index contributed by atoms with van der Waals surface area (Å²) in [7, 11) is 2.19. The molecule has 0 aromatic rings. The summed E-state index contributed by atoms with van der Waals surface area (Å²) < 4.78 is 0. The number of allylic oxidation sites excluding steroid dienone is 2. The summed E-state index contributed by atoms with van der Waals surface area (Å²) in [5.41, 5.74) is 0. The van der Waals surface area contributed by atoms with Gasteiger partial charge in [0.2, 0.25) is 0 Å². The van der Waals surface area contributed by atoms with E-state index >= 15 is 0 Å². The third-order valence-electron chi connectivity index (χ3n) is 0.858. The Kier molecular flexibility index (Phi) is 5.64. The van der Waals surface area contributed by atoms with Crippen molar-refractivity contribution in [3.63, 3.8) is 0 Å². The van der Waals surface area contributed by atoms with Gasteiger partial charge in [0.25, 0.3) is 0 Å². The van der Waals surface area contributed by atoms with Crippen LogP contribution in [0.4, 0.5) is 0 Å². The van der Waals surface area contributed by atoms with E-state index in [1.54, 1.807) is 0 Å². The maximum atomic E-state index is 2.24. The largest absolute Gasteiger partial charge is 0.101 e. The van der Waals surface area contributed by atoms with Crippen LogP contribution in [-0.2, 0) is 0 Å². The van der Waals surface area contributed by atoms with Gasteiger partial charge in [-0.1, -0.05) is 25.4 Å². The third kappa shape index (κ3) is 5.80. The average Bonchev–Trinajstić information content (AvgIpc) is 1.69. The van der Waals surface area contributed by atoms with Crippen molar-refractivity contribution in [3.05, 3.63) is 12.2 Å². The van der Waals surface area contributed by atoms with E-state index in [0.717, 1.165) is 0 Å². The van der Waals surface area contributed by atoms with Gasteiger partial charge in [-0.15, -0.1) is 0 Å². The summed E-state index contributed by atoms with van der Waals surface area (Å²) in [5, 5.41) is 0. The maximum Gasteiger partial charge on any atom is 0.101 e. The molecule has 40 valence electrons. The summed E-state index contributed by atoms with van der Waals surface area (Å²) in [4.78, 5) is 0. The molecule has 0 saturated carbocycles. The van der Waals surface area contributed by atoms with Gasteiger partial charge in [0.05, 0.1) is 0 Å². The second kappa shape index (κ2) is 5.80. The molecule has 0 aromatic carbocycles. The Balaban J connectivity index is 2.78. The first-order valence-corrected chi connectivity index (χ1v) is 3.06. The van der Waals surface area contributed by atoms with Crippen molar-refractivity contribution in [2.75, 3.05) is 0 Å². The molecule has 0 aromatic heterocycles. The normalized spacial score (nSPS) is 10.4. The minimum Gasteiger partial charge on any atom is -0.0893 e. The lowest BCUT2D eigenvalue weighted by atomic mass is 10.0. The second-order valence-corrected chi connectivity index (χ2v) is 1.67. The van der Waals surface area contributed by atoms with Crippen molar-refractivity contribution in [2.24, 2.45) is 0 Å². The van der Waals surface area contributed by atoms with Crippen molar-refractivity contribution in [1.82, 2.24) is 0 Å². The molecule has 0 radical (unpaired) electrons. The molecule has 0 N–H and O–H groups in total. The van der Waals surface area contributed by atoms with E-state index in [-0.39, 0.29) is 0 Å². The van der Waals surface area contributed by atoms with Crippen LogP contribution in [0, 0.1) is 0 Å². The van der Waals surface area contributed by atoms with E-state index in [9.17, 15) is 0 Å². The van der Waals surface area contributed by atoms with Crippen molar-refractivity contribution in [1.29, 1.82) is 0 Å². The fourth-order valence-corrected chi connectivity index (χ4v) is 0.451.